The van der Waals surface area contributed by atoms with Crippen LogP contribution in [0.15, 0.2) is 24.3 Å². The number of ether oxygens (including phenoxy) is 1. The van der Waals surface area contributed by atoms with Gasteiger partial charge in [-0.15, -0.1) is 0 Å². The minimum absolute atomic E-state index is 0.221. The van der Waals surface area contributed by atoms with Crippen molar-refractivity contribution in [3.63, 3.8) is 0 Å². The number of hydrogen-bond acceptors (Lipinski definition) is 3. The standard InChI is InChI=1S/C20H30FNO2/c21-18-5-7-19(8-6-18)24-20-10-13-22(14-11-20)12-9-16-3-1-2-4-17(16)15-23/h5-8,16-17,20,23H,1-4,9-15H2. The second-order valence-electron chi connectivity index (χ2n) is 7.39. The molecule has 2 unspecified atom stereocenters. The van der Waals surface area contributed by atoms with Gasteiger partial charge in [-0.1, -0.05) is 19.3 Å². The fraction of sp³-hybridized carbons (Fsp3) is 0.700. The second kappa shape index (κ2) is 8.82. The van der Waals surface area contributed by atoms with Crippen LogP contribution >= 0.6 is 0 Å². The number of nitrogens with zero attached hydrogens (tertiary/aromatic N) is 1. The Bertz CT molecular complexity index is 485. The molecule has 1 saturated heterocycles. The first kappa shape index (κ1) is 17.7. The van der Waals surface area contributed by atoms with E-state index in [0.717, 1.165) is 38.2 Å². The largest absolute Gasteiger partial charge is 0.490 e. The molecule has 24 heavy (non-hydrogen) atoms. The highest BCUT2D eigenvalue weighted by molar-refractivity contribution is 5.22. The van der Waals surface area contributed by atoms with Gasteiger partial charge in [0.1, 0.15) is 17.7 Å². The van der Waals surface area contributed by atoms with E-state index in [4.69, 9.17) is 4.74 Å². The summed E-state index contributed by atoms with van der Waals surface area (Å²) < 4.78 is 18.9. The summed E-state index contributed by atoms with van der Waals surface area (Å²) in [5, 5.41) is 9.54. The van der Waals surface area contributed by atoms with Gasteiger partial charge in [-0.25, -0.2) is 4.39 Å². The SMILES string of the molecule is OCC1CCCCC1CCN1CCC(Oc2ccc(F)cc2)CC1. The van der Waals surface area contributed by atoms with Gasteiger partial charge < -0.3 is 14.7 Å². The monoisotopic (exact) mass is 335 g/mol. The zero-order valence-electron chi connectivity index (χ0n) is 14.5. The Morgan fingerprint density at radius 2 is 1.67 bits per heavy atom. The number of benzene rings is 1. The fourth-order valence-electron chi connectivity index (χ4n) is 4.21. The van der Waals surface area contributed by atoms with Gasteiger partial charge in [0.25, 0.3) is 0 Å². The van der Waals surface area contributed by atoms with Crippen molar-refractivity contribution in [2.75, 3.05) is 26.2 Å². The van der Waals surface area contributed by atoms with Crippen molar-refractivity contribution in [1.29, 1.82) is 0 Å². The quantitative estimate of drug-likeness (QED) is 0.857. The predicted octanol–water partition coefficient (Wildman–Crippen LogP) is 3.86. The van der Waals surface area contributed by atoms with Crippen LogP contribution in [0.3, 0.4) is 0 Å². The molecule has 1 aromatic rings. The van der Waals surface area contributed by atoms with Gasteiger partial charge in [-0.3, -0.25) is 0 Å². The molecule has 3 nitrogen and oxygen atoms in total. The summed E-state index contributed by atoms with van der Waals surface area (Å²) in [6.45, 7) is 3.65. The molecule has 2 aliphatic rings. The average molecular weight is 335 g/mol. The van der Waals surface area contributed by atoms with Crippen LogP contribution < -0.4 is 4.74 Å². The van der Waals surface area contributed by atoms with Crippen LogP contribution in [-0.2, 0) is 0 Å². The summed E-state index contributed by atoms with van der Waals surface area (Å²) in [7, 11) is 0. The Balaban J connectivity index is 1.38. The van der Waals surface area contributed by atoms with Crippen molar-refractivity contribution >= 4 is 0 Å². The van der Waals surface area contributed by atoms with E-state index in [9.17, 15) is 9.50 Å². The first-order chi connectivity index (χ1) is 11.7. The summed E-state index contributed by atoms with van der Waals surface area (Å²) >= 11 is 0. The highest BCUT2D eigenvalue weighted by atomic mass is 19.1. The lowest BCUT2D eigenvalue weighted by atomic mass is 9.78. The summed E-state index contributed by atoms with van der Waals surface area (Å²) in [5.74, 6) is 1.78. The van der Waals surface area contributed by atoms with Crippen molar-refractivity contribution in [3.05, 3.63) is 30.1 Å². The first-order valence-electron chi connectivity index (χ1n) is 9.50. The smallest absolute Gasteiger partial charge is 0.123 e. The Hall–Kier alpha value is -1.13. The van der Waals surface area contributed by atoms with Gasteiger partial charge in [0.05, 0.1) is 0 Å². The molecule has 1 saturated carbocycles. The molecular formula is C20H30FNO2. The molecule has 134 valence electrons. The maximum Gasteiger partial charge on any atom is 0.123 e. The van der Waals surface area contributed by atoms with E-state index < -0.39 is 0 Å². The molecule has 1 aliphatic heterocycles. The lowest BCUT2D eigenvalue weighted by molar-refractivity contribution is 0.0827. The molecule has 2 fully saturated rings. The lowest BCUT2D eigenvalue weighted by Crippen LogP contribution is -2.39. The molecule has 2 atom stereocenters. The second-order valence-corrected chi connectivity index (χ2v) is 7.39. The minimum Gasteiger partial charge on any atom is -0.490 e. The zero-order chi connectivity index (χ0) is 16.8. The van der Waals surface area contributed by atoms with Crippen LogP contribution in [-0.4, -0.2) is 42.4 Å². The van der Waals surface area contributed by atoms with E-state index in [1.54, 1.807) is 12.1 Å². The normalized spacial score (nSPS) is 26.4. The van der Waals surface area contributed by atoms with E-state index in [1.165, 1.54) is 44.2 Å². The predicted molar refractivity (Wildman–Crippen MR) is 93.6 cm³/mol. The van der Waals surface area contributed by atoms with Crippen molar-refractivity contribution < 1.29 is 14.2 Å². The fourth-order valence-corrected chi connectivity index (χ4v) is 4.21. The number of likely N-dealkylation sites (tertiary alicyclic amines) is 1. The maximum absolute atomic E-state index is 12.9. The van der Waals surface area contributed by atoms with Crippen LogP contribution in [0, 0.1) is 17.7 Å². The molecule has 0 amide bonds. The number of rotatable bonds is 6. The molecule has 1 N–H and O–H groups in total. The van der Waals surface area contributed by atoms with Gasteiger partial charge in [0.15, 0.2) is 0 Å². The molecule has 1 heterocycles. The van der Waals surface area contributed by atoms with Crippen molar-refractivity contribution in [1.82, 2.24) is 4.90 Å². The first-order valence-corrected chi connectivity index (χ1v) is 9.50. The Morgan fingerprint density at radius 3 is 2.33 bits per heavy atom. The third kappa shape index (κ3) is 4.93. The van der Waals surface area contributed by atoms with Crippen LogP contribution in [0.5, 0.6) is 5.75 Å². The number of piperidine rings is 1. The molecule has 0 aromatic heterocycles. The molecule has 3 rings (SSSR count). The number of aliphatic hydroxyl groups excluding tert-OH is 1. The van der Waals surface area contributed by atoms with E-state index in [2.05, 4.69) is 4.90 Å². The van der Waals surface area contributed by atoms with E-state index in [0.29, 0.717) is 18.4 Å². The van der Waals surface area contributed by atoms with Crippen molar-refractivity contribution in [2.24, 2.45) is 11.8 Å². The Labute approximate surface area is 144 Å². The van der Waals surface area contributed by atoms with Crippen LogP contribution in [0.4, 0.5) is 4.39 Å². The molecule has 4 heteroatoms. The van der Waals surface area contributed by atoms with Crippen LogP contribution in [0.1, 0.15) is 44.9 Å². The summed E-state index contributed by atoms with van der Waals surface area (Å²) in [6.07, 6.45) is 8.63. The molecule has 1 aliphatic carbocycles. The van der Waals surface area contributed by atoms with Crippen LogP contribution in [0.2, 0.25) is 0 Å². The van der Waals surface area contributed by atoms with E-state index in [1.807, 2.05) is 0 Å². The third-order valence-corrected chi connectivity index (χ3v) is 5.77. The van der Waals surface area contributed by atoms with Crippen LogP contribution in [0.25, 0.3) is 0 Å². The molecule has 1 aromatic carbocycles. The molecule has 0 bridgehead atoms. The highest BCUT2D eigenvalue weighted by Crippen LogP contribution is 2.32. The van der Waals surface area contributed by atoms with Gasteiger partial charge in [0.2, 0.25) is 0 Å². The van der Waals surface area contributed by atoms with Crippen molar-refractivity contribution in [2.45, 2.75) is 51.0 Å². The Morgan fingerprint density at radius 1 is 1.00 bits per heavy atom. The highest BCUT2D eigenvalue weighted by Gasteiger charge is 2.26. The topological polar surface area (TPSA) is 32.7 Å². The van der Waals surface area contributed by atoms with Gasteiger partial charge in [-0.2, -0.15) is 0 Å². The number of aliphatic hydroxyl groups is 1. The lowest BCUT2D eigenvalue weighted by Gasteiger charge is -2.35. The number of hydrogen-bond donors (Lipinski definition) is 1. The summed E-state index contributed by atoms with van der Waals surface area (Å²) in [6, 6.07) is 6.32. The average Bonchev–Trinajstić information content (AvgIpc) is 2.63. The maximum atomic E-state index is 12.9. The molecular weight excluding hydrogens is 305 g/mol. The summed E-state index contributed by atoms with van der Waals surface area (Å²) in [5.41, 5.74) is 0. The minimum atomic E-state index is -0.221. The molecule has 0 spiro atoms. The van der Waals surface area contributed by atoms with Crippen molar-refractivity contribution in [3.8, 4) is 5.75 Å². The summed E-state index contributed by atoms with van der Waals surface area (Å²) in [4.78, 5) is 2.54. The van der Waals surface area contributed by atoms with E-state index in [-0.39, 0.29) is 11.9 Å². The number of halogens is 1. The third-order valence-electron chi connectivity index (χ3n) is 5.77. The van der Waals surface area contributed by atoms with Gasteiger partial charge >= 0.3 is 0 Å². The van der Waals surface area contributed by atoms with E-state index >= 15 is 0 Å². The molecule has 0 radical (unpaired) electrons. The zero-order valence-corrected chi connectivity index (χ0v) is 14.5. The van der Waals surface area contributed by atoms with Gasteiger partial charge in [-0.05, 0) is 68.3 Å². The van der Waals surface area contributed by atoms with Gasteiger partial charge in [0, 0.05) is 19.7 Å². The Kier molecular flexibility index (Phi) is 6.50.